The molecular formula is C20H29N5O7S. The minimum Gasteiger partial charge on any atom is -0.479 e. The van der Waals surface area contributed by atoms with E-state index in [4.69, 9.17) is 9.47 Å². The van der Waals surface area contributed by atoms with Crippen molar-refractivity contribution in [2.75, 3.05) is 6.61 Å². The maximum atomic E-state index is 12.9. The standard InChI is InChI=1S/C20H29N5O7S/c1-6-31-15(27)12-11-10(33-17-21-8-22-25-17)7-20(13(11)12,16(28)29)24-14(26)9(2)23-18(30)32-19(3,4)5/h8-13H,6-7H2,1-5H3,(H,23,30)(H,24,26)(H,28,29)(H,21,22,25)/t9-,10-,11-,12-,13-,20-/m0/s1. The Balaban J connectivity index is 1.79. The molecule has 13 heteroatoms. The van der Waals surface area contributed by atoms with E-state index in [0.29, 0.717) is 5.16 Å². The number of ether oxygens (including phenoxy) is 2. The number of aromatic nitrogens is 3. The maximum Gasteiger partial charge on any atom is 0.408 e. The molecule has 0 aliphatic heterocycles. The summed E-state index contributed by atoms with van der Waals surface area (Å²) in [5, 5.41) is 23.0. The number of H-pyrrole nitrogens is 1. The molecule has 4 N–H and O–H groups in total. The second-order valence-corrected chi connectivity index (χ2v) is 10.4. The number of carboxylic acids is 1. The van der Waals surface area contributed by atoms with E-state index in [1.54, 1.807) is 27.7 Å². The summed E-state index contributed by atoms with van der Waals surface area (Å²) in [5.74, 6) is -4.05. The van der Waals surface area contributed by atoms with Crippen LogP contribution >= 0.6 is 11.8 Å². The molecular weight excluding hydrogens is 454 g/mol. The number of rotatable bonds is 8. The number of aliphatic carboxylic acids is 1. The lowest BCUT2D eigenvalue weighted by Crippen LogP contribution is -2.60. The lowest BCUT2D eigenvalue weighted by atomic mass is 9.89. The van der Waals surface area contributed by atoms with Crippen LogP contribution in [0.4, 0.5) is 4.79 Å². The van der Waals surface area contributed by atoms with Crippen LogP contribution in [-0.2, 0) is 23.9 Å². The largest absolute Gasteiger partial charge is 0.479 e. The molecule has 2 fully saturated rings. The fourth-order valence-electron chi connectivity index (χ4n) is 4.37. The highest BCUT2D eigenvalue weighted by atomic mass is 32.2. The van der Waals surface area contributed by atoms with E-state index >= 15 is 0 Å². The van der Waals surface area contributed by atoms with Gasteiger partial charge in [0, 0.05) is 11.2 Å². The van der Waals surface area contributed by atoms with E-state index in [9.17, 15) is 24.3 Å². The second kappa shape index (κ2) is 9.20. The van der Waals surface area contributed by atoms with Crippen molar-refractivity contribution in [2.45, 2.75) is 68.6 Å². The zero-order valence-corrected chi connectivity index (χ0v) is 19.9. The van der Waals surface area contributed by atoms with Crippen molar-refractivity contribution in [2.24, 2.45) is 17.8 Å². The summed E-state index contributed by atoms with van der Waals surface area (Å²) < 4.78 is 10.3. The van der Waals surface area contributed by atoms with Gasteiger partial charge in [0.25, 0.3) is 0 Å². The van der Waals surface area contributed by atoms with E-state index in [1.807, 2.05) is 0 Å². The van der Waals surface area contributed by atoms with Crippen molar-refractivity contribution in [3.63, 3.8) is 0 Å². The molecule has 12 nitrogen and oxygen atoms in total. The van der Waals surface area contributed by atoms with Crippen molar-refractivity contribution in [3.05, 3.63) is 6.33 Å². The lowest BCUT2D eigenvalue weighted by Gasteiger charge is -2.31. The van der Waals surface area contributed by atoms with E-state index in [2.05, 4.69) is 25.8 Å². The predicted octanol–water partition coefficient (Wildman–Crippen LogP) is 0.947. The summed E-state index contributed by atoms with van der Waals surface area (Å²) in [5.41, 5.74) is -2.45. The smallest absolute Gasteiger partial charge is 0.408 e. The van der Waals surface area contributed by atoms with E-state index in [-0.39, 0.29) is 24.2 Å². The van der Waals surface area contributed by atoms with Gasteiger partial charge in [0.2, 0.25) is 5.91 Å². The Morgan fingerprint density at radius 3 is 2.61 bits per heavy atom. The maximum absolute atomic E-state index is 12.9. The molecule has 33 heavy (non-hydrogen) atoms. The highest BCUT2D eigenvalue weighted by Crippen LogP contribution is 2.66. The van der Waals surface area contributed by atoms with Gasteiger partial charge < -0.3 is 30.2 Å². The van der Waals surface area contributed by atoms with Crippen molar-refractivity contribution in [3.8, 4) is 0 Å². The molecule has 1 heterocycles. The minimum atomic E-state index is -1.69. The van der Waals surface area contributed by atoms with Crippen LogP contribution < -0.4 is 10.6 Å². The van der Waals surface area contributed by atoms with Gasteiger partial charge in [0.1, 0.15) is 23.5 Å². The molecule has 2 saturated carbocycles. The number of thioether (sulfide) groups is 1. The molecule has 0 unspecified atom stereocenters. The summed E-state index contributed by atoms with van der Waals surface area (Å²) in [7, 11) is 0. The predicted molar refractivity (Wildman–Crippen MR) is 115 cm³/mol. The monoisotopic (exact) mass is 483 g/mol. The highest BCUT2D eigenvalue weighted by Gasteiger charge is 2.76. The topological polar surface area (TPSA) is 173 Å². The van der Waals surface area contributed by atoms with Crippen LogP contribution in [0.1, 0.15) is 41.0 Å². The molecule has 3 rings (SSSR count). The number of hydrogen-bond donors (Lipinski definition) is 4. The van der Waals surface area contributed by atoms with E-state index in [0.717, 1.165) is 0 Å². The quantitative estimate of drug-likeness (QED) is 0.390. The Morgan fingerprint density at radius 1 is 1.36 bits per heavy atom. The fraction of sp³-hybridized carbons (Fsp3) is 0.700. The zero-order valence-electron chi connectivity index (χ0n) is 19.1. The molecule has 0 radical (unpaired) electrons. The Hall–Kier alpha value is -2.83. The molecule has 182 valence electrons. The number of amides is 2. The molecule has 2 aliphatic rings. The van der Waals surface area contributed by atoms with Crippen molar-refractivity contribution in [1.82, 2.24) is 25.8 Å². The number of alkyl carbamates (subject to hydrolysis) is 1. The first kappa shape index (κ1) is 24.8. The number of hydrogen-bond acceptors (Lipinski definition) is 9. The Labute approximate surface area is 194 Å². The van der Waals surface area contributed by atoms with Crippen LogP contribution in [0.5, 0.6) is 0 Å². The third-order valence-corrected chi connectivity index (χ3v) is 6.87. The average molecular weight is 484 g/mol. The number of fused-ring (bicyclic) bond motifs is 1. The van der Waals surface area contributed by atoms with Gasteiger partial charge in [-0.1, -0.05) is 11.8 Å². The first-order valence-electron chi connectivity index (χ1n) is 10.6. The Kier molecular flexibility index (Phi) is 6.91. The average Bonchev–Trinajstić information content (AvgIpc) is 3.08. The van der Waals surface area contributed by atoms with E-state index in [1.165, 1.54) is 25.0 Å². The molecule has 1 aromatic rings. The molecule has 0 aromatic carbocycles. The number of carbonyl (C=O) groups is 4. The second-order valence-electron chi connectivity index (χ2n) is 9.17. The van der Waals surface area contributed by atoms with Crippen LogP contribution in [0, 0.1) is 17.8 Å². The molecule has 2 amide bonds. The van der Waals surface area contributed by atoms with Gasteiger partial charge in [-0.05, 0) is 47.0 Å². The number of nitrogens with zero attached hydrogens (tertiary/aromatic N) is 2. The molecule has 0 bridgehead atoms. The van der Waals surface area contributed by atoms with Crippen LogP contribution in [0.25, 0.3) is 0 Å². The Morgan fingerprint density at radius 2 is 2.06 bits per heavy atom. The summed E-state index contributed by atoms with van der Waals surface area (Å²) >= 11 is 1.28. The molecule has 6 atom stereocenters. The number of nitrogens with one attached hydrogen (secondary N) is 3. The van der Waals surface area contributed by atoms with Crippen molar-refractivity contribution in [1.29, 1.82) is 0 Å². The van der Waals surface area contributed by atoms with Gasteiger partial charge in [-0.2, -0.15) is 0 Å². The van der Waals surface area contributed by atoms with Gasteiger partial charge in [0.15, 0.2) is 5.16 Å². The van der Waals surface area contributed by atoms with Gasteiger partial charge >= 0.3 is 18.0 Å². The van der Waals surface area contributed by atoms with Crippen molar-refractivity contribution < 1.29 is 33.8 Å². The zero-order chi connectivity index (χ0) is 24.6. The highest BCUT2D eigenvalue weighted by molar-refractivity contribution is 7.99. The van der Waals surface area contributed by atoms with Crippen LogP contribution in [0.2, 0.25) is 0 Å². The minimum absolute atomic E-state index is 0.0732. The number of carboxylic acid groups (broad SMARTS) is 1. The third kappa shape index (κ3) is 5.23. The summed E-state index contributed by atoms with van der Waals surface area (Å²) in [6.45, 7) is 8.32. The number of carbonyl (C=O) groups excluding carboxylic acids is 3. The third-order valence-electron chi connectivity index (χ3n) is 5.67. The summed E-state index contributed by atoms with van der Waals surface area (Å²) in [4.78, 5) is 52.8. The summed E-state index contributed by atoms with van der Waals surface area (Å²) in [6.07, 6.45) is 0.679. The van der Waals surface area contributed by atoms with Gasteiger partial charge in [-0.3, -0.25) is 9.59 Å². The summed E-state index contributed by atoms with van der Waals surface area (Å²) in [6, 6.07) is -1.06. The first-order chi connectivity index (χ1) is 15.4. The van der Waals surface area contributed by atoms with Crippen LogP contribution in [0.3, 0.4) is 0 Å². The molecule has 2 aliphatic carbocycles. The Bertz CT molecular complexity index is 918. The molecule has 0 saturated heterocycles. The molecule has 1 aromatic heterocycles. The number of aromatic amines is 1. The lowest BCUT2D eigenvalue weighted by molar-refractivity contribution is -0.151. The molecule has 0 spiro atoms. The van der Waals surface area contributed by atoms with Crippen LogP contribution in [0.15, 0.2) is 11.5 Å². The SMILES string of the molecule is CCOC(=O)[C@H]1[C@H]2[C@@H]1[C@](NC(=O)[C@H](C)NC(=O)OC(C)(C)C)(C(=O)O)C[C@@H]2Sc1nnc[nH]1. The van der Waals surface area contributed by atoms with E-state index < -0.39 is 53.0 Å². The van der Waals surface area contributed by atoms with Crippen molar-refractivity contribution >= 4 is 35.7 Å². The first-order valence-corrected chi connectivity index (χ1v) is 11.5. The van der Waals surface area contributed by atoms with Gasteiger partial charge in [-0.25, -0.2) is 9.59 Å². The van der Waals surface area contributed by atoms with Gasteiger partial charge in [0.05, 0.1) is 12.5 Å². The van der Waals surface area contributed by atoms with Crippen LogP contribution in [-0.4, -0.2) is 73.3 Å². The van der Waals surface area contributed by atoms with Gasteiger partial charge in [-0.15, -0.1) is 10.2 Å². The number of esters is 1. The normalized spacial score (nSPS) is 28.9. The fourth-order valence-corrected chi connectivity index (χ4v) is 5.72.